The van der Waals surface area contributed by atoms with Crippen LogP contribution in [0, 0.1) is 20.8 Å². The normalized spacial score (nSPS) is 10.7. The molecule has 6 heteroatoms. The molecular formula is C13H18N4OS. The third kappa shape index (κ3) is 2.63. The highest BCUT2D eigenvalue weighted by molar-refractivity contribution is 7.14. The smallest absolute Gasteiger partial charge is 0.261 e. The molecule has 0 saturated carbocycles. The van der Waals surface area contributed by atoms with Crippen LogP contribution in [0.4, 0.5) is 5.69 Å². The lowest BCUT2D eigenvalue weighted by molar-refractivity contribution is 0.0955. The Hall–Kier alpha value is -1.82. The number of hydrogen-bond donors (Lipinski definition) is 2. The first kappa shape index (κ1) is 13.6. The van der Waals surface area contributed by atoms with E-state index in [0.29, 0.717) is 17.1 Å². The number of amides is 1. The van der Waals surface area contributed by atoms with Gasteiger partial charge in [0.15, 0.2) is 0 Å². The molecule has 102 valence electrons. The zero-order chi connectivity index (χ0) is 14.2. The Morgan fingerprint density at radius 1 is 1.47 bits per heavy atom. The molecule has 5 nitrogen and oxygen atoms in total. The van der Waals surface area contributed by atoms with Crippen molar-refractivity contribution in [2.75, 3.05) is 5.73 Å². The van der Waals surface area contributed by atoms with Crippen molar-refractivity contribution in [2.45, 2.75) is 27.3 Å². The minimum Gasteiger partial charge on any atom is -0.398 e. The van der Waals surface area contributed by atoms with E-state index in [1.54, 1.807) is 6.07 Å². The molecule has 2 aromatic heterocycles. The van der Waals surface area contributed by atoms with Crippen molar-refractivity contribution in [3.63, 3.8) is 0 Å². The van der Waals surface area contributed by atoms with Gasteiger partial charge in [-0.3, -0.25) is 9.48 Å². The van der Waals surface area contributed by atoms with Crippen molar-refractivity contribution in [3.8, 4) is 0 Å². The summed E-state index contributed by atoms with van der Waals surface area (Å²) < 4.78 is 1.82. The fraction of sp³-hybridized carbons (Fsp3) is 0.385. The van der Waals surface area contributed by atoms with Gasteiger partial charge >= 0.3 is 0 Å². The van der Waals surface area contributed by atoms with Gasteiger partial charge in [-0.15, -0.1) is 11.3 Å². The number of anilines is 1. The molecule has 0 aromatic carbocycles. The van der Waals surface area contributed by atoms with E-state index in [0.717, 1.165) is 21.8 Å². The van der Waals surface area contributed by atoms with E-state index in [4.69, 9.17) is 5.73 Å². The molecule has 0 aliphatic rings. The van der Waals surface area contributed by atoms with Gasteiger partial charge in [0.2, 0.25) is 0 Å². The van der Waals surface area contributed by atoms with Crippen LogP contribution < -0.4 is 11.1 Å². The molecule has 1 amide bonds. The van der Waals surface area contributed by atoms with E-state index >= 15 is 0 Å². The van der Waals surface area contributed by atoms with Crippen LogP contribution in [0.2, 0.25) is 0 Å². The standard InChI is InChI=1S/C13H18N4OS/c1-7-10(8(2)17(4)16-7)6-15-13(18)12-5-11(14)9(3)19-12/h5H,6,14H2,1-4H3,(H,15,18). The molecule has 2 rings (SSSR count). The molecular weight excluding hydrogens is 260 g/mol. The minimum atomic E-state index is -0.0903. The molecule has 3 N–H and O–H groups in total. The third-order valence-electron chi connectivity index (χ3n) is 3.26. The highest BCUT2D eigenvalue weighted by atomic mass is 32.1. The number of rotatable bonds is 3. The topological polar surface area (TPSA) is 72.9 Å². The molecule has 19 heavy (non-hydrogen) atoms. The fourth-order valence-electron chi connectivity index (χ4n) is 1.94. The summed E-state index contributed by atoms with van der Waals surface area (Å²) in [6.45, 7) is 6.34. The molecule has 0 saturated heterocycles. The maximum atomic E-state index is 12.0. The van der Waals surface area contributed by atoms with Crippen molar-refractivity contribution in [1.29, 1.82) is 0 Å². The zero-order valence-electron chi connectivity index (χ0n) is 11.6. The van der Waals surface area contributed by atoms with Gasteiger partial charge in [0.05, 0.1) is 10.6 Å². The lowest BCUT2D eigenvalue weighted by Crippen LogP contribution is -2.22. The van der Waals surface area contributed by atoms with E-state index in [-0.39, 0.29) is 5.91 Å². The Kier molecular flexibility index (Phi) is 3.61. The number of aryl methyl sites for hydroxylation is 3. The Morgan fingerprint density at radius 2 is 2.16 bits per heavy atom. The molecule has 2 aromatic rings. The molecule has 0 aliphatic carbocycles. The van der Waals surface area contributed by atoms with Crippen LogP contribution in [0.5, 0.6) is 0 Å². The predicted octanol–water partition coefficient (Wildman–Crippen LogP) is 1.92. The fourth-order valence-corrected chi connectivity index (χ4v) is 2.79. The van der Waals surface area contributed by atoms with Gasteiger partial charge in [-0.2, -0.15) is 5.10 Å². The number of nitrogens with zero attached hydrogens (tertiary/aromatic N) is 2. The molecule has 0 unspecified atom stereocenters. The number of nitrogens with two attached hydrogens (primary N) is 1. The summed E-state index contributed by atoms with van der Waals surface area (Å²) in [6.07, 6.45) is 0. The van der Waals surface area contributed by atoms with Gasteiger partial charge in [0.1, 0.15) is 0 Å². The van der Waals surface area contributed by atoms with Gasteiger partial charge in [-0.05, 0) is 26.8 Å². The molecule has 0 fully saturated rings. The lowest BCUT2D eigenvalue weighted by Gasteiger charge is -2.04. The second kappa shape index (κ2) is 5.05. The minimum absolute atomic E-state index is 0.0903. The molecule has 0 bridgehead atoms. The number of carbonyl (C=O) groups is 1. The number of carbonyl (C=O) groups excluding carboxylic acids is 1. The quantitative estimate of drug-likeness (QED) is 0.901. The Balaban J connectivity index is 2.08. The maximum absolute atomic E-state index is 12.0. The summed E-state index contributed by atoms with van der Waals surface area (Å²) in [5, 5.41) is 7.24. The molecule has 0 atom stereocenters. The Bertz CT molecular complexity index is 607. The second-order valence-corrected chi connectivity index (χ2v) is 5.83. The maximum Gasteiger partial charge on any atom is 0.261 e. The Morgan fingerprint density at radius 3 is 2.63 bits per heavy atom. The van der Waals surface area contributed by atoms with Crippen LogP contribution >= 0.6 is 11.3 Å². The number of hydrogen-bond acceptors (Lipinski definition) is 4. The number of thiophene rings is 1. The highest BCUT2D eigenvalue weighted by Gasteiger charge is 2.13. The summed E-state index contributed by atoms with van der Waals surface area (Å²) >= 11 is 1.41. The van der Waals surface area contributed by atoms with Gasteiger partial charge in [-0.1, -0.05) is 0 Å². The van der Waals surface area contributed by atoms with Gasteiger partial charge in [0.25, 0.3) is 5.91 Å². The monoisotopic (exact) mass is 278 g/mol. The first-order chi connectivity index (χ1) is 8.90. The summed E-state index contributed by atoms with van der Waals surface area (Å²) in [5.41, 5.74) is 9.51. The van der Waals surface area contributed by atoms with E-state index < -0.39 is 0 Å². The van der Waals surface area contributed by atoms with Crippen molar-refractivity contribution in [1.82, 2.24) is 15.1 Å². The molecule has 0 aliphatic heterocycles. The lowest BCUT2D eigenvalue weighted by atomic mass is 10.2. The van der Waals surface area contributed by atoms with Crippen LogP contribution in [0.25, 0.3) is 0 Å². The van der Waals surface area contributed by atoms with Crippen LogP contribution in [0.1, 0.15) is 31.5 Å². The Labute approximate surface area is 116 Å². The van der Waals surface area contributed by atoms with Gasteiger partial charge < -0.3 is 11.1 Å². The SMILES string of the molecule is Cc1nn(C)c(C)c1CNC(=O)c1cc(N)c(C)s1. The summed E-state index contributed by atoms with van der Waals surface area (Å²) in [4.78, 5) is 13.6. The summed E-state index contributed by atoms with van der Waals surface area (Å²) in [7, 11) is 1.90. The van der Waals surface area contributed by atoms with E-state index in [9.17, 15) is 4.79 Å². The largest absolute Gasteiger partial charge is 0.398 e. The second-order valence-electron chi connectivity index (χ2n) is 4.58. The van der Waals surface area contributed by atoms with Crippen molar-refractivity contribution >= 4 is 22.9 Å². The highest BCUT2D eigenvalue weighted by Crippen LogP contribution is 2.23. The number of nitrogens with one attached hydrogen (secondary N) is 1. The average Bonchev–Trinajstić information content (AvgIpc) is 2.80. The summed E-state index contributed by atoms with van der Waals surface area (Å²) in [5.74, 6) is -0.0903. The van der Waals surface area contributed by atoms with Gasteiger partial charge in [0, 0.05) is 35.4 Å². The van der Waals surface area contributed by atoms with Crippen molar-refractivity contribution in [2.24, 2.45) is 7.05 Å². The van der Waals surface area contributed by atoms with E-state index in [2.05, 4.69) is 10.4 Å². The van der Waals surface area contributed by atoms with Crippen LogP contribution in [-0.4, -0.2) is 15.7 Å². The van der Waals surface area contributed by atoms with Crippen LogP contribution in [0.15, 0.2) is 6.07 Å². The van der Waals surface area contributed by atoms with E-state index in [1.165, 1.54) is 11.3 Å². The average molecular weight is 278 g/mol. The molecule has 0 radical (unpaired) electrons. The third-order valence-corrected chi connectivity index (χ3v) is 4.33. The van der Waals surface area contributed by atoms with Crippen LogP contribution in [0.3, 0.4) is 0 Å². The van der Waals surface area contributed by atoms with Crippen molar-refractivity contribution in [3.05, 3.63) is 32.8 Å². The van der Waals surface area contributed by atoms with Crippen LogP contribution in [-0.2, 0) is 13.6 Å². The number of nitrogen functional groups attached to an aromatic ring is 1. The first-order valence-corrected chi connectivity index (χ1v) is 6.85. The van der Waals surface area contributed by atoms with E-state index in [1.807, 2.05) is 32.5 Å². The number of aromatic nitrogens is 2. The molecule has 0 spiro atoms. The van der Waals surface area contributed by atoms with Crippen molar-refractivity contribution < 1.29 is 4.79 Å². The predicted molar refractivity (Wildman–Crippen MR) is 77.3 cm³/mol. The molecule has 2 heterocycles. The van der Waals surface area contributed by atoms with Gasteiger partial charge in [-0.25, -0.2) is 0 Å². The zero-order valence-corrected chi connectivity index (χ0v) is 12.4. The summed E-state index contributed by atoms with van der Waals surface area (Å²) in [6, 6.07) is 1.72. The first-order valence-electron chi connectivity index (χ1n) is 6.03.